The minimum Gasteiger partial charge on any atom is -0.493 e. The third-order valence-electron chi connectivity index (χ3n) is 13.5. The van der Waals surface area contributed by atoms with E-state index in [0.29, 0.717) is 6.79 Å². The highest BCUT2D eigenvalue weighted by Crippen LogP contribution is 2.41. The number of aromatic nitrogens is 6. The molecule has 0 saturated heterocycles. The number of para-hydroxylation sites is 12. The molecule has 4 aliphatic heterocycles. The third-order valence-corrected chi connectivity index (χ3v) is 17.7. The Balaban J connectivity index is 0.000000103. The van der Waals surface area contributed by atoms with Crippen molar-refractivity contribution in [1.82, 2.24) is 29.9 Å². The maximum Gasteiger partial charge on any atom is 0.231 e. The number of thiophene rings is 1. The van der Waals surface area contributed by atoms with Gasteiger partial charge in [-0.2, -0.15) is 0 Å². The van der Waals surface area contributed by atoms with Crippen LogP contribution >= 0.6 is 46.6 Å². The number of ether oxygens (including phenoxy) is 4. The van der Waals surface area contributed by atoms with Gasteiger partial charge in [-0.3, -0.25) is 0 Å². The number of hydrogen-bond donors (Lipinski definition) is 3. The van der Waals surface area contributed by atoms with E-state index in [4.69, 9.17) is 27.8 Å². The number of benzene rings is 10. The second-order valence-electron chi connectivity index (χ2n) is 19.4. The van der Waals surface area contributed by atoms with Crippen LogP contribution in [0.2, 0.25) is 0 Å². The topological polar surface area (TPSA) is 149 Å². The maximum atomic E-state index is 5.30. The van der Waals surface area contributed by atoms with E-state index >= 15 is 0 Å². The molecule has 0 atom stereocenters. The number of aromatic amines is 3. The van der Waals surface area contributed by atoms with E-state index in [1.165, 1.54) is 52.7 Å². The molecule has 6 aromatic heterocycles. The van der Waals surface area contributed by atoms with Crippen LogP contribution in [-0.4, -0.2) is 54.3 Å². The zero-order valence-electron chi connectivity index (χ0n) is 48.7. The van der Waals surface area contributed by atoms with Crippen LogP contribution in [0.1, 0.15) is 5.56 Å². The lowest BCUT2D eigenvalue weighted by molar-refractivity contribution is 0.174. The fourth-order valence-corrected chi connectivity index (χ4v) is 13.0. The standard InChI is InChI=1S/C8H7N.C8H8O.C8H6O.C8H6S.2C7H6N2.C7H5NO.C7H6O2.C7H6OS.C7H6S2/c4*1-2-4-8-7(3-1)5-6-9-8;6*1-2-4-7-6(3-1)8-5-9-7/h1-6,9H;1-4H,5-6H2;2*1-6H;2*1-5H,(H,8,9);1-5H;3*1-4H,5H2. The molecule has 0 aliphatic carbocycles. The van der Waals surface area contributed by atoms with Gasteiger partial charge in [0.15, 0.2) is 23.5 Å². The maximum absolute atomic E-state index is 5.30. The molecular formula is C74H62N6O6S4. The van der Waals surface area contributed by atoms with Crippen LogP contribution < -0.4 is 18.9 Å². The van der Waals surface area contributed by atoms with Gasteiger partial charge < -0.3 is 42.7 Å². The van der Waals surface area contributed by atoms with Crippen LogP contribution in [0, 0.1) is 0 Å². The molecule has 10 aromatic carbocycles. The summed E-state index contributed by atoms with van der Waals surface area (Å²) in [5.74, 6) is 4.56. The number of oxazole rings is 1. The van der Waals surface area contributed by atoms with E-state index in [1.54, 1.807) is 42.0 Å². The molecule has 90 heavy (non-hydrogen) atoms. The molecule has 0 bridgehead atoms. The van der Waals surface area contributed by atoms with Crippen LogP contribution in [0.15, 0.2) is 321 Å². The summed E-state index contributed by atoms with van der Waals surface area (Å²) < 4.78 is 32.2. The molecule has 0 amide bonds. The number of furan rings is 1. The van der Waals surface area contributed by atoms with Crippen molar-refractivity contribution in [3.05, 3.63) is 303 Å². The van der Waals surface area contributed by atoms with E-state index in [1.807, 2.05) is 206 Å². The first-order valence-corrected chi connectivity index (χ1v) is 32.7. The summed E-state index contributed by atoms with van der Waals surface area (Å²) in [7, 11) is 0. The lowest BCUT2D eigenvalue weighted by atomic mass is 10.2. The van der Waals surface area contributed by atoms with Crippen molar-refractivity contribution in [3.63, 3.8) is 0 Å². The number of imidazole rings is 2. The van der Waals surface area contributed by atoms with E-state index in [-0.39, 0.29) is 0 Å². The number of rotatable bonds is 0. The molecule has 16 aromatic rings. The van der Waals surface area contributed by atoms with Gasteiger partial charge in [0.05, 0.1) is 52.5 Å². The van der Waals surface area contributed by atoms with E-state index in [2.05, 4.69) is 120 Å². The van der Waals surface area contributed by atoms with Crippen LogP contribution in [0.25, 0.3) is 65.1 Å². The largest absolute Gasteiger partial charge is 0.493 e. The van der Waals surface area contributed by atoms with Gasteiger partial charge in [0.25, 0.3) is 0 Å². The molecule has 4 aliphatic rings. The zero-order valence-corrected chi connectivity index (χ0v) is 52.0. The molecule has 0 spiro atoms. The molecule has 12 nitrogen and oxygen atoms in total. The molecule has 0 unspecified atom stereocenters. The minimum atomic E-state index is 0.360. The van der Waals surface area contributed by atoms with Crippen LogP contribution in [0.5, 0.6) is 23.0 Å². The lowest BCUT2D eigenvalue weighted by Crippen LogP contribution is -1.92. The smallest absolute Gasteiger partial charge is 0.231 e. The summed E-state index contributed by atoms with van der Waals surface area (Å²) in [5, 5.41) is 7.10. The van der Waals surface area contributed by atoms with Crippen molar-refractivity contribution < 1.29 is 27.8 Å². The summed E-state index contributed by atoms with van der Waals surface area (Å²) in [5.41, 5.74) is 9.51. The van der Waals surface area contributed by atoms with Gasteiger partial charge in [0.2, 0.25) is 6.79 Å². The van der Waals surface area contributed by atoms with Gasteiger partial charge in [0.1, 0.15) is 28.5 Å². The number of nitrogens with one attached hydrogen (secondary N) is 3. The monoisotopic (exact) mass is 1260 g/mol. The highest BCUT2D eigenvalue weighted by Gasteiger charge is 2.12. The number of H-pyrrole nitrogens is 3. The first-order chi connectivity index (χ1) is 44.7. The Morgan fingerprint density at radius 2 is 0.922 bits per heavy atom. The molecule has 10 heterocycles. The van der Waals surface area contributed by atoms with Crippen molar-refractivity contribution in [2.24, 2.45) is 0 Å². The van der Waals surface area contributed by atoms with E-state index in [0.717, 1.165) is 86.1 Å². The Morgan fingerprint density at radius 1 is 0.367 bits per heavy atom. The first-order valence-electron chi connectivity index (χ1n) is 28.8. The molecule has 0 fully saturated rings. The highest BCUT2D eigenvalue weighted by atomic mass is 32.2. The molecule has 448 valence electrons. The number of nitrogens with zero attached hydrogens (tertiary/aromatic N) is 3. The number of hydrogen-bond acceptors (Lipinski definition) is 13. The minimum absolute atomic E-state index is 0.360. The normalized spacial score (nSPS) is 12.0. The average molecular weight is 1260 g/mol. The Bertz CT molecular complexity index is 3750. The SMILES string of the molecule is c1ccc2[nH]ccc2c1.c1ccc2[nH]cnc2c1.c1ccc2[nH]cnc2c1.c1ccc2c(c1)CCO2.c1ccc2c(c1)OCO2.c1ccc2c(c1)OCS2.c1ccc2c(c1)SCS2.c1ccc2occc2c1.c1ccc2ocnc2c1.c1ccc2sccc2c1. The lowest BCUT2D eigenvalue weighted by Gasteiger charge is -1.93. The third kappa shape index (κ3) is 18.0. The van der Waals surface area contributed by atoms with E-state index < -0.39 is 0 Å². The molecule has 0 radical (unpaired) electrons. The van der Waals surface area contributed by atoms with Gasteiger partial charge in [-0.05, 0) is 137 Å². The Hall–Kier alpha value is -10.1. The predicted molar refractivity (Wildman–Crippen MR) is 372 cm³/mol. The Labute approximate surface area is 537 Å². The quantitative estimate of drug-likeness (QED) is 0.133. The molecule has 20 rings (SSSR count). The summed E-state index contributed by atoms with van der Waals surface area (Å²) in [6.07, 6.45) is 9.57. The molecule has 16 heteroatoms. The molecular weight excluding hydrogens is 1200 g/mol. The van der Waals surface area contributed by atoms with Gasteiger partial charge in [0, 0.05) is 43.1 Å². The average Bonchev–Trinajstić information content (AvgIpc) is 4.57. The molecule has 3 N–H and O–H groups in total. The Morgan fingerprint density at radius 3 is 1.57 bits per heavy atom. The summed E-state index contributed by atoms with van der Waals surface area (Å²) >= 11 is 7.39. The van der Waals surface area contributed by atoms with Crippen LogP contribution in [0.4, 0.5) is 0 Å². The fourth-order valence-electron chi connectivity index (χ4n) is 9.03. The van der Waals surface area contributed by atoms with Crippen molar-refractivity contribution in [2.75, 3.05) is 24.4 Å². The van der Waals surface area contributed by atoms with Gasteiger partial charge in [-0.15, -0.1) is 34.9 Å². The van der Waals surface area contributed by atoms with E-state index in [9.17, 15) is 0 Å². The van der Waals surface area contributed by atoms with Crippen molar-refractivity contribution in [1.29, 1.82) is 0 Å². The number of thioether (sulfide) groups is 3. The van der Waals surface area contributed by atoms with Gasteiger partial charge in [-0.25, -0.2) is 15.0 Å². The molecule has 0 saturated carbocycles. The van der Waals surface area contributed by atoms with Crippen molar-refractivity contribution in [2.45, 2.75) is 21.1 Å². The summed E-state index contributed by atoms with van der Waals surface area (Å²) in [6.45, 7) is 1.22. The summed E-state index contributed by atoms with van der Waals surface area (Å²) in [4.78, 5) is 25.4. The number of fused-ring (bicyclic) bond motifs is 10. The fraction of sp³-hybridized carbons (Fsp3) is 0.0676. The van der Waals surface area contributed by atoms with Gasteiger partial charge >= 0.3 is 0 Å². The first kappa shape index (κ1) is 61.5. The highest BCUT2D eigenvalue weighted by molar-refractivity contribution is 8.18. The Kier molecular flexibility index (Phi) is 22.8. The second kappa shape index (κ2) is 33.3. The summed E-state index contributed by atoms with van der Waals surface area (Å²) in [6, 6.07) is 86.7. The van der Waals surface area contributed by atoms with Crippen LogP contribution in [0.3, 0.4) is 0 Å². The predicted octanol–water partition coefficient (Wildman–Crippen LogP) is 20.5. The van der Waals surface area contributed by atoms with Crippen molar-refractivity contribution in [3.8, 4) is 23.0 Å². The zero-order chi connectivity index (χ0) is 61.0. The van der Waals surface area contributed by atoms with Crippen LogP contribution in [-0.2, 0) is 6.42 Å². The van der Waals surface area contributed by atoms with Crippen molar-refractivity contribution >= 4 is 112 Å². The second-order valence-corrected chi connectivity index (χ2v) is 23.7. The van der Waals surface area contributed by atoms with Gasteiger partial charge in [-0.1, -0.05) is 157 Å².